The second-order valence-corrected chi connectivity index (χ2v) is 19.7. The van der Waals surface area contributed by atoms with E-state index < -0.39 is 13.7 Å². The van der Waals surface area contributed by atoms with Crippen LogP contribution in [-0.4, -0.2) is 13.7 Å². The van der Waals surface area contributed by atoms with Gasteiger partial charge in [0.1, 0.15) is 0 Å². The Kier molecular flexibility index (Phi) is 10.9. The summed E-state index contributed by atoms with van der Waals surface area (Å²) in [6.45, 7) is 32.2. The molecular formula is C36H60AlO2-. The first-order chi connectivity index (χ1) is 17.8. The Balaban J connectivity index is 2.92. The second kappa shape index (κ2) is 12.6. The van der Waals surface area contributed by atoms with E-state index >= 15 is 0 Å². The molecule has 0 atom stereocenters. The van der Waals surface area contributed by atoms with Crippen molar-refractivity contribution in [3.05, 3.63) is 58.7 Å². The first kappa shape index (κ1) is 33.8. The van der Waals surface area contributed by atoms with Gasteiger partial charge in [0.25, 0.3) is 0 Å². The summed E-state index contributed by atoms with van der Waals surface area (Å²) in [6, 6.07) is 13.5. The van der Waals surface area contributed by atoms with Crippen LogP contribution in [0.3, 0.4) is 0 Å². The standard InChI is InChI=1S/2C14H22O.2C4H9.Al/c2*1-13(2,3)10-8-7-9-11(12(10)15)14(4,5)6;2*1-3-4-2;/h2*7-9,15H,1-6H3;2*1,3-4H2,2H3;/q;;;;+1/p-2. The Morgan fingerprint density at radius 3 is 0.949 bits per heavy atom. The Bertz CT molecular complexity index is 919. The van der Waals surface area contributed by atoms with Crippen molar-refractivity contribution in [1.82, 2.24) is 0 Å². The van der Waals surface area contributed by atoms with Gasteiger partial charge in [-0.15, -0.1) is 10.6 Å². The molecule has 0 saturated heterocycles. The third-order valence-electron chi connectivity index (χ3n) is 7.92. The van der Waals surface area contributed by atoms with Crippen LogP contribution in [0, 0.1) is 0 Å². The van der Waals surface area contributed by atoms with Gasteiger partial charge in [-0.2, -0.15) is 0 Å². The maximum Gasteiger partial charge on any atom is 0.628 e. The van der Waals surface area contributed by atoms with Crippen LogP contribution in [-0.2, 0) is 21.7 Å². The molecule has 2 aromatic rings. The number of hydrogen-bond acceptors (Lipinski definition) is 2. The van der Waals surface area contributed by atoms with Crippen LogP contribution < -0.4 is 7.58 Å². The van der Waals surface area contributed by atoms with E-state index in [4.69, 9.17) is 7.58 Å². The van der Waals surface area contributed by atoms with Gasteiger partial charge in [0.15, 0.2) is 0 Å². The summed E-state index contributed by atoms with van der Waals surface area (Å²) in [4.78, 5) is 0. The zero-order valence-corrected chi connectivity index (χ0v) is 29.3. The first-order valence-electron chi connectivity index (χ1n) is 15.6. The van der Waals surface area contributed by atoms with Crippen LogP contribution in [0.2, 0.25) is 10.6 Å². The highest BCUT2D eigenvalue weighted by Crippen LogP contribution is 2.45. The van der Waals surface area contributed by atoms with Gasteiger partial charge in [0, 0.05) is 0 Å². The van der Waals surface area contributed by atoms with Gasteiger partial charge >= 0.3 is 13.7 Å². The minimum Gasteiger partial charge on any atom is -0.767 e. The van der Waals surface area contributed by atoms with Crippen LogP contribution >= 0.6 is 0 Å². The first-order valence-corrected chi connectivity index (χ1v) is 18.2. The van der Waals surface area contributed by atoms with Crippen LogP contribution in [0.5, 0.6) is 11.5 Å². The van der Waals surface area contributed by atoms with Crippen LogP contribution in [0.1, 0.15) is 145 Å². The molecule has 39 heavy (non-hydrogen) atoms. The minimum absolute atomic E-state index is 0.0311. The quantitative estimate of drug-likeness (QED) is 0.273. The summed E-state index contributed by atoms with van der Waals surface area (Å²) in [5, 5.41) is 2.04. The molecule has 0 bridgehead atoms. The number of rotatable bonds is 10. The molecular weight excluding hydrogens is 491 g/mol. The van der Waals surface area contributed by atoms with E-state index in [9.17, 15) is 0 Å². The van der Waals surface area contributed by atoms with Gasteiger partial charge in [-0.3, -0.25) is 0 Å². The fourth-order valence-electron chi connectivity index (χ4n) is 5.55. The highest BCUT2D eigenvalue weighted by atomic mass is 27.3. The maximum atomic E-state index is 7.61. The highest BCUT2D eigenvalue weighted by molar-refractivity contribution is 6.69. The van der Waals surface area contributed by atoms with Crippen LogP contribution in [0.15, 0.2) is 36.4 Å². The summed E-state index contributed by atoms with van der Waals surface area (Å²) in [5.41, 5.74) is 5.03. The lowest BCUT2D eigenvalue weighted by molar-refractivity contribution is 0.346. The molecule has 0 aliphatic carbocycles. The molecule has 2 nitrogen and oxygen atoms in total. The minimum atomic E-state index is -3.16. The molecule has 0 aliphatic heterocycles. The van der Waals surface area contributed by atoms with Crippen molar-refractivity contribution in [1.29, 1.82) is 0 Å². The van der Waals surface area contributed by atoms with Crippen molar-refractivity contribution in [2.75, 3.05) is 0 Å². The average Bonchev–Trinajstić information content (AvgIpc) is 2.78. The lowest BCUT2D eigenvalue weighted by atomic mass is 9.79. The second-order valence-electron chi connectivity index (χ2n) is 15.9. The van der Waals surface area contributed by atoms with E-state index in [2.05, 4.69) is 133 Å². The van der Waals surface area contributed by atoms with E-state index in [1.807, 2.05) is 0 Å². The smallest absolute Gasteiger partial charge is 0.628 e. The van der Waals surface area contributed by atoms with Gasteiger partial charge in [-0.05, 0) is 43.9 Å². The lowest BCUT2D eigenvalue weighted by Crippen LogP contribution is -2.50. The van der Waals surface area contributed by atoms with E-state index in [1.165, 1.54) is 22.3 Å². The molecule has 0 radical (unpaired) electrons. The van der Waals surface area contributed by atoms with E-state index in [-0.39, 0.29) is 21.7 Å². The summed E-state index contributed by atoms with van der Waals surface area (Å²) in [7, 11) is 0. The molecule has 0 fully saturated rings. The number of benzene rings is 2. The van der Waals surface area contributed by atoms with Gasteiger partial charge < -0.3 is 7.58 Å². The molecule has 2 rings (SSSR count). The van der Waals surface area contributed by atoms with Crippen LogP contribution in [0.25, 0.3) is 0 Å². The van der Waals surface area contributed by atoms with Crippen LogP contribution in [0.4, 0.5) is 0 Å². The summed E-state index contributed by atoms with van der Waals surface area (Å²) in [6.07, 6.45) is 4.53. The fourth-order valence-corrected chi connectivity index (χ4v) is 9.79. The van der Waals surface area contributed by atoms with E-state index in [1.54, 1.807) is 0 Å². The Morgan fingerprint density at radius 1 is 0.487 bits per heavy atom. The lowest BCUT2D eigenvalue weighted by Gasteiger charge is -2.46. The average molecular weight is 552 g/mol. The van der Waals surface area contributed by atoms with E-state index in [0.717, 1.165) is 47.7 Å². The fraction of sp³-hybridized carbons (Fsp3) is 0.667. The van der Waals surface area contributed by atoms with Crippen molar-refractivity contribution < 1.29 is 7.58 Å². The van der Waals surface area contributed by atoms with Crippen molar-refractivity contribution in [3.63, 3.8) is 0 Å². The molecule has 220 valence electrons. The molecule has 0 heterocycles. The molecule has 0 aromatic heterocycles. The van der Waals surface area contributed by atoms with Gasteiger partial charge in [-0.1, -0.05) is 159 Å². The number of unbranched alkanes of at least 4 members (excludes halogenated alkanes) is 2. The molecule has 0 N–H and O–H groups in total. The van der Waals surface area contributed by atoms with Crippen molar-refractivity contribution in [3.8, 4) is 11.5 Å². The zero-order valence-electron chi connectivity index (χ0n) is 28.1. The molecule has 2 aromatic carbocycles. The maximum absolute atomic E-state index is 7.61. The number of para-hydroxylation sites is 2. The predicted molar refractivity (Wildman–Crippen MR) is 174 cm³/mol. The summed E-state index contributed by atoms with van der Waals surface area (Å²) >= 11 is -3.16. The van der Waals surface area contributed by atoms with E-state index in [0.29, 0.717) is 0 Å². The van der Waals surface area contributed by atoms with Crippen molar-refractivity contribution in [2.24, 2.45) is 0 Å². The molecule has 0 amide bonds. The van der Waals surface area contributed by atoms with Gasteiger partial charge in [-0.25, -0.2) is 0 Å². The monoisotopic (exact) mass is 551 g/mol. The molecule has 3 heteroatoms. The van der Waals surface area contributed by atoms with Crippen molar-refractivity contribution in [2.45, 2.75) is 155 Å². The Labute approximate surface area is 245 Å². The topological polar surface area (TPSA) is 18.5 Å². The molecule has 0 unspecified atom stereocenters. The highest BCUT2D eigenvalue weighted by Gasteiger charge is 2.44. The molecule has 0 aliphatic rings. The van der Waals surface area contributed by atoms with Crippen molar-refractivity contribution >= 4 is 13.7 Å². The normalized spacial score (nSPS) is 13.5. The SMILES string of the molecule is CCC[CH2][Al-]([CH2]CCC)([O]c1c(C(C)(C)C)cccc1C(C)(C)C)[O]c1c(C(C)(C)C)cccc1C(C)(C)C. The van der Waals surface area contributed by atoms with Gasteiger partial charge in [0.2, 0.25) is 0 Å². The summed E-state index contributed by atoms with van der Waals surface area (Å²) in [5.74, 6) is 2.17. The Hall–Kier alpha value is -1.43. The largest absolute Gasteiger partial charge is 0.767 e. The zero-order chi connectivity index (χ0) is 29.9. The third-order valence-corrected chi connectivity index (χ3v) is 11.8. The van der Waals surface area contributed by atoms with Gasteiger partial charge in [0.05, 0.1) is 11.5 Å². The number of hydrogen-bond donors (Lipinski definition) is 0. The molecule has 0 spiro atoms. The predicted octanol–water partition coefficient (Wildman–Crippen LogP) is 11.4. The third kappa shape index (κ3) is 8.78. The Morgan fingerprint density at radius 2 is 0.744 bits per heavy atom. The summed E-state index contributed by atoms with van der Waals surface area (Å²) < 4.78 is 15.2. The molecule has 0 saturated carbocycles.